The molecule has 0 atom stereocenters. The number of para-hydroxylation sites is 3. The number of methoxy groups -OCH3 is 1. The van der Waals surface area contributed by atoms with Gasteiger partial charge >= 0.3 is 0 Å². The molecule has 3 aromatic carbocycles. The van der Waals surface area contributed by atoms with Crippen LogP contribution in [0.2, 0.25) is 0 Å². The smallest absolute Gasteiger partial charge is 0.254 e. The number of amides is 1. The van der Waals surface area contributed by atoms with Crippen LogP contribution in [0.4, 0.5) is 4.39 Å². The van der Waals surface area contributed by atoms with Gasteiger partial charge in [-0.2, -0.15) is 5.10 Å². The first-order chi connectivity index (χ1) is 18.5. The Morgan fingerprint density at radius 3 is 2.32 bits per heavy atom. The van der Waals surface area contributed by atoms with Gasteiger partial charge < -0.3 is 18.8 Å². The minimum atomic E-state index is -0.411. The third-order valence-corrected chi connectivity index (χ3v) is 6.07. The van der Waals surface area contributed by atoms with Crippen LogP contribution in [0.3, 0.4) is 0 Å². The number of furan rings is 1. The maximum absolute atomic E-state index is 13.6. The normalized spacial score (nSPS) is 10.8. The monoisotopic (exact) mass is 511 g/mol. The van der Waals surface area contributed by atoms with Gasteiger partial charge in [-0.3, -0.25) is 4.79 Å². The molecule has 5 aromatic rings. The minimum Gasteiger partial charge on any atom is -0.493 e. The number of rotatable bonds is 9. The third kappa shape index (κ3) is 5.29. The van der Waals surface area contributed by atoms with Crippen LogP contribution in [0.15, 0.2) is 102 Å². The predicted molar refractivity (Wildman–Crippen MR) is 140 cm³/mol. The number of hydrogen-bond acceptors (Lipinski definition) is 5. The number of hydrogen-bond donors (Lipinski definition) is 0. The molecule has 0 radical (unpaired) electrons. The number of carbonyl (C=O) groups is 1. The fourth-order valence-electron chi connectivity index (χ4n) is 4.13. The number of ether oxygens (including phenoxy) is 2. The Morgan fingerprint density at radius 1 is 0.921 bits per heavy atom. The minimum absolute atomic E-state index is 0.167. The standard InChI is InChI=1S/C30H26FN3O4/c1-21-26(20-33(19-25-11-8-18-37-25)29(35)22-14-16-23(31)17-15-22)30(34(32-21)24-9-4-3-5-10-24)38-28-13-7-6-12-27(28)36-2/h3-18H,19-20H2,1-2H3. The van der Waals surface area contributed by atoms with E-state index in [0.717, 1.165) is 5.69 Å². The molecule has 0 spiro atoms. The highest BCUT2D eigenvalue weighted by molar-refractivity contribution is 5.94. The van der Waals surface area contributed by atoms with Gasteiger partial charge in [0.25, 0.3) is 5.91 Å². The van der Waals surface area contributed by atoms with Crippen molar-refractivity contribution in [2.75, 3.05) is 7.11 Å². The van der Waals surface area contributed by atoms with E-state index in [0.29, 0.717) is 40.0 Å². The Bertz CT molecular complexity index is 1510. The van der Waals surface area contributed by atoms with Crippen molar-refractivity contribution < 1.29 is 23.1 Å². The van der Waals surface area contributed by atoms with Gasteiger partial charge in [-0.1, -0.05) is 30.3 Å². The molecule has 8 heteroatoms. The summed E-state index contributed by atoms with van der Waals surface area (Å²) in [6.07, 6.45) is 1.56. The van der Waals surface area contributed by atoms with E-state index in [1.807, 2.05) is 61.5 Å². The highest BCUT2D eigenvalue weighted by Crippen LogP contribution is 2.36. The molecule has 0 N–H and O–H groups in total. The average molecular weight is 512 g/mol. The summed E-state index contributed by atoms with van der Waals surface area (Å²) in [6.45, 7) is 2.24. The number of carbonyl (C=O) groups excluding carboxylic acids is 1. The van der Waals surface area contributed by atoms with E-state index < -0.39 is 5.82 Å². The molecule has 7 nitrogen and oxygen atoms in total. The van der Waals surface area contributed by atoms with Crippen LogP contribution in [0, 0.1) is 12.7 Å². The molecule has 2 aromatic heterocycles. The second-order valence-corrected chi connectivity index (χ2v) is 8.62. The molecule has 0 saturated carbocycles. The third-order valence-electron chi connectivity index (χ3n) is 6.07. The molecule has 0 fully saturated rings. The van der Waals surface area contributed by atoms with Crippen LogP contribution in [-0.4, -0.2) is 27.7 Å². The number of aromatic nitrogens is 2. The first-order valence-corrected chi connectivity index (χ1v) is 12.1. The van der Waals surface area contributed by atoms with Gasteiger partial charge in [0.1, 0.15) is 11.6 Å². The quantitative estimate of drug-likeness (QED) is 0.224. The molecule has 0 unspecified atom stereocenters. The van der Waals surface area contributed by atoms with Crippen LogP contribution >= 0.6 is 0 Å². The van der Waals surface area contributed by atoms with E-state index in [-0.39, 0.29) is 19.0 Å². The van der Waals surface area contributed by atoms with Gasteiger partial charge in [0.2, 0.25) is 5.88 Å². The Labute approximate surface area is 219 Å². The molecule has 1 amide bonds. The summed E-state index contributed by atoms with van der Waals surface area (Å²) >= 11 is 0. The largest absolute Gasteiger partial charge is 0.493 e. The maximum Gasteiger partial charge on any atom is 0.254 e. The van der Waals surface area contributed by atoms with Gasteiger partial charge in [0.15, 0.2) is 11.5 Å². The maximum atomic E-state index is 13.6. The molecule has 2 heterocycles. The van der Waals surface area contributed by atoms with Crippen LogP contribution in [0.1, 0.15) is 27.4 Å². The van der Waals surface area contributed by atoms with Crippen molar-refractivity contribution in [1.29, 1.82) is 0 Å². The average Bonchev–Trinajstić information content (AvgIpc) is 3.57. The van der Waals surface area contributed by atoms with Gasteiger partial charge in [0.05, 0.1) is 43.4 Å². The van der Waals surface area contributed by atoms with Crippen molar-refractivity contribution in [3.63, 3.8) is 0 Å². The van der Waals surface area contributed by atoms with Crippen molar-refractivity contribution >= 4 is 5.91 Å². The van der Waals surface area contributed by atoms with Crippen LogP contribution in [-0.2, 0) is 13.1 Å². The van der Waals surface area contributed by atoms with Gasteiger partial charge in [-0.05, 0) is 67.6 Å². The molecular weight excluding hydrogens is 485 g/mol. The fraction of sp³-hybridized carbons (Fsp3) is 0.133. The summed E-state index contributed by atoms with van der Waals surface area (Å²) in [4.78, 5) is 15.2. The van der Waals surface area contributed by atoms with Crippen molar-refractivity contribution in [1.82, 2.24) is 14.7 Å². The second-order valence-electron chi connectivity index (χ2n) is 8.62. The van der Waals surface area contributed by atoms with Crippen LogP contribution in [0.25, 0.3) is 5.69 Å². The van der Waals surface area contributed by atoms with Crippen molar-refractivity contribution in [2.24, 2.45) is 0 Å². The van der Waals surface area contributed by atoms with Gasteiger partial charge in [-0.25, -0.2) is 9.07 Å². The molecule has 38 heavy (non-hydrogen) atoms. The lowest BCUT2D eigenvalue weighted by Crippen LogP contribution is -2.30. The molecule has 5 rings (SSSR count). The first-order valence-electron chi connectivity index (χ1n) is 12.1. The molecule has 0 bridgehead atoms. The lowest BCUT2D eigenvalue weighted by Gasteiger charge is -2.23. The Morgan fingerprint density at radius 2 is 1.63 bits per heavy atom. The molecule has 0 saturated heterocycles. The SMILES string of the molecule is COc1ccccc1Oc1c(CN(Cc2ccco2)C(=O)c2ccc(F)cc2)c(C)nn1-c1ccccc1. The lowest BCUT2D eigenvalue weighted by atomic mass is 10.1. The molecule has 0 aliphatic carbocycles. The Balaban J connectivity index is 1.58. The molecule has 192 valence electrons. The summed E-state index contributed by atoms with van der Waals surface area (Å²) in [5.41, 5.74) is 2.56. The summed E-state index contributed by atoms with van der Waals surface area (Å²) < 4.78 is 32.8. The van der Waals surface area contributed by atoms with E-state index in [1.54, 1.807) is 35.1 Å². The molecule has 0 aliphatic heterocycles. The first kappa shape index (κ1) is 24.8. The van der Waals surface area contributed by atoms with Crippen LogP contribution < -0.4 is 9.47 Å². The van der Waals surface area contributed by atoms with E-state index in [1.165, 1.54) is 24.3 Å². The second kappa shape index (κ2) is 11.0. The Hall–Kier alpha value is -4.85. The molecular formula is C30H26FN3O4. The van der Waals surface area contributed by atoms with E-state index in [4.69, 9.17) is 19.0 Å². The van der Waals surface area contributed by atoms with Crippen LogP contribution in [0.5, 0.6) is 17.4 Å². The Kier molecular flexibility index (Phi) is 7.21. The molecule has 0 aliphatic rings. The number of aryl methyl sites for hydroxylation is 1. The summed E-state index contributed by atoms with van der Waals surface area (Å²) in [6, 6.07) is 26.0. The zero-order valence-corrected chi connectivity index (χ0v) is 21.0. The zero-order chi connectivity index (χ0) is 26.5. The highest BCUT2D eigenvalue weighted by atomic mass is 19.1. The zero-order valence-electron chi connectivity index (χ0n) is 21.0. The van der Waals surface area contributed by atoms with E-state index >= 15 is 0 Å². The predicted octanol–water partition coefficient (Wildman–Crippen LogP) is 6.56. The van der Waals surface area contributed by atoms with E-state index in [2.05, 4.69) is 0 Å². The fourth-order valence-corrected chi connectivity index (χ4v) is 4.13. The number of halogens is 1. The van der Waals surface area contributed by atoms with Crippen molar-refractivity contribution in [3.05, 3.63) is 126 Å². The topological polar surface area (TPSA) is 69.7 Å². The summed E-state index contributed by atoms with van der Waals surface area (Å²) in [7, 11) is 1.58. The van der Waals surface area contributed by atoms with Crippen molar-refractivity contribution in [2.45, 2.75) is 20.0 Å². The number of benzene rings is 3. The highest BCUT2D eigenvalue weighted by Gasteiger charge is 2.26. The summed E-state index contributed by atoms with van der Waals surface area (Å²) in [5, 5.41) is 4.77. The van der Waals surface area contributed by atoms with Crippen molar-refractivity contribution in [3.8, 4) is 23.1 Å². The van der Waals surface area contributed by atoms with Gasteiger partial charge in [0, 0.05) is 5.56 Å². The summed E-state index contributed by atoms with van der Waals surface area (Å²) in [5.74, 6) is 1.45. The van der Waals surface area contributed by atoms with E-state index in [9.17, 15) is 9.18 Å². The number of nitrogens with zero attached hydrogens (tertiary/aromatic N) is 3. The van der Waals surface area contributed by atoms with Gasteiger partial charge in [-0.15, -0.1) is 0 Å². The lowest BCUT2D eigenvalue weighted by molar-refractivity contribution is 0.0716.